The quantitative estimate of drug-likeness (QED) is 0.787. The van der Waals surface area contributed by atoms with Gasteiger partial charge in [-0.2, -0.15) is 16.6 Å². The van der Waals surface area contributed by atoms with Gasteiger partial charge in [0.05, 0.1) is 0 Å². The van der Waals surface area contributed by atoms with Crippen LogP contribution in [0.2, 0.25) is 0 Å². The molecule has 0 bridgehead atoms. The molecule has 2 aromatic rings. The van der Waals surface area contributed by atoms with Gasteiger partial charge in [-0.1, -0.05) is 10.3 Å². The molecule has 0 amide bonds. The molecule has 0 radical (unpaired) electrons. The summed E-state index contributed by atoms with van der Waals surface area (Å²) >= 11 is 6.65. The third-order valence-corrected chi connectivity index (χ3v) is 2.77. The van der Waals surface area contributed by atoms with E-state index in [4.69, 9.17) is 12.2 Å². The maximum atomic E-state index is 4.94. The summed E-state index contributed by atoms with van der Waals surface area (Å²) in [7, 11) is 0. The Hall–Kier alpha value is -1.01. The molecule has 2 rings (SSSR count). The first-order chi connectivity index (χ1) is 6.36. The highest BCUT2D eigenvalue weighted by atomic mass is 32.1. The van der Waals surface area contributed by atoms with Gasteiger partial charge in [-0.05, 0) is 41.0 Å². The number of nitrogens with zero attached hydrogens (tertiary/aromatic N) is 3. The second-order valence-corrected chi connectivity index (χ2v) is 3.76. The van der Waals surface area contributed by atoms with E-state index in [1.807, 2.05) is 0 Å². The van der Waals surface area contributed by atoms with Crippen LogP contribution in [0.4, 0.5) is 0 Å². The third-order valence-electron chi connectivity index (χ3n) is 1.74. The lowest BCUT2D eigenvalue weighted by atomic mass is 10.2. The standard InChI is InChI=1S/C7H8N4S2/c12-7-8-9-10-11(7)3-1-6-2-4-13-5-6/h2,4-5H,1,3H2,(H,8,10,12). The molecule has 0 aliphatic rings. The van der Waals surface area contributed by atoms with Crippen molar-refractivity contribution < 1.29 is 0 Å². The van der Waals surface area contributed by atoms with Crippen molar-refractivity contribution in [2.75, 3.05) is 0 Å². The van der Waals surface area contributed by atoms with Crippen LogP contribution in [-0.4, -0.2) is 20.2 Å². The summed E-state index contributed by atoms with van der Waals surface area (Å²) in [5.74, 6) is 0. The first-order valence-electron chi connectivity index (χ1n) is 3.85. The number of thiophene rings is 1. The van der Waals surface area contributed by atoms with Gasteiger partial charge in [0.15, 0.2) is 0 Å². The second-order valence-electron chi connectivity index (χ2n) is 2.62. The topological polar surface area (TPSA) is 46.5 Å². The molecule has 0 unspecified atom stereocenters. The molecule has 0 aliphatic carbocycles. The van der Waals surface area contributed by atoms with Crippen molar-refractivity contribution >= 4 is 23.6 Å². The Kier molecular flexibility index (Phi) is 2.51. The van der Waals surface area contributed by atoms with Gasteiger partial charge < -0.3 is 0 Å². The summed E-state index contributed by atoms with van der Waals surface area (Å²) in [5.41, 5.74) is 1.32. The van der Waals surface area contributed by atoms with E-state index in [9.17, 15) is 0 Å². The van der Waals surface area contributed by atoms with Crippen LogP contribution in [0.25, 0.3) is 0 Å². The van der Waals surface area contributed by atoms with Gasteiger partial charge in [0.2, 0.25) is 4.77 Å². The minimum absolute atomic E-state index is 0.509. The van der Waals surface area contributed by atoms with Gasteiger partial charge in [0.25, 0.3) is 0 Å². The maximum absolute atomic E-state index is 4.94. The van der Waals surface area contributed by atoms with Gasteiger partial charge >= 0.3 is 0 Å². The van der Waals surface area contributed by atoms with E-state index in [1.54, 1.807) is 16.0 Å². The van der Waals surface area contributed by atoms with Crippen molar-refractivity contribution in [1.29, 1.82) is 0 Å². The second kappa shape index (κ2) is 3.80. The fraction of sp³-hybridized carbons (Fsp3) is 0.286. The van der Waals surface area contributed by atoms with Crippen LogP contribution in [0, 0.1) is 4.77 Å². The van der Waals surface area contributed by atoms with Crippen LogP contribution in [0.1, 0.15) is 5.56 Å². The van der Waals surface area contributed by atoms with Gasteiger partial charge in [0.1, 0.15) is 0 Å². The van der Waals surface area contributed by atoms with Gasteiger partial charge in [-0.25, -0.2) is 4.68 Å². The third kappa shape index (κ3) is 2.02. The van der Waals surface area contributed by atoms with E-state index >= 15 is 0 Å². The summed E-state index contributed by atoms with van der Waals surface area (Å²) in [4.78, 5) is 0. The molecule has 0 aliphatic heterocycles. The molecule has 0 aromatic carbocycles. The molecule has 1 N–H and O–H groups in total. The van der Waals surface area contributed by atoms with E-state index in [2.05, 4.69) is 32.4 Å². The lowest BCUT2D eigenvalue weighted by Crippen LogP contribution is -2.02. The molecular weight excluding hydrogens is 204 g/mol. The van der Waals surface area contributed by atoms with Crippen molar-refractivity contribution in [2.24, 2.45) is 0 Å². The molecule has 68 valence electrons. The number of H-pyrrole nitrogens is 1. The van der Waals surface area contributed by atoms with Crippen molar-refractivity contribution in [3.05, 3.63) is 27.2 Å². The first kappa shape index (κ1) is 8.58. The lowest BCUT2D eigenvalue weighted by Gasteiger charge is -1.97. The zero-order chi connectivity index (χ0) is 9.10. The molecule has 0 spiro atoms. The number of hydrogen-bond donors (Lipinski definition) is 1. The van der Waals surface area contributed by atoms with Gasteiger partial charge in [0, 0.05) is 6.54 Å². The molecule has 4 nitrogen and oxygen atoms in total. The molecule has 0 fully saturated rings. The SMILES string of the molecule is S=c1nn[nH]n1CCc1ccsc1. The highest BCUT2D eigenvalue weighted by molar-refractivity contribution is 7.71. The summed E-state index contributed by atoms with van der Waals surface area (Å²) < 4.78 is 2.27. The number of aromatic nitrogens is 4. The molecule has 2 heterocycles. The maximum Gasteiger partial charge on any atom is 0.238 e. The molecule has 13 heavy (non-hydrogen) atoms. The zero-order valence-corrected chi connectivity index (χ0v) is 8.44. The van der Waals surface area contributed by atoms with Crippen LogP contribution in [-0.2, 0) is 13.0 Å². The molecule has 0 saturated carbocycles. The lowest BCUT2D eigenvalue weighted by molar-refractivity contribution is 0.583. The molecular formula is C7H8N4S2. The predicted molar refractivity (Wildman–Crippen MR) is 53.2 cm³/mol. The Morgan fingerprint density at radius 3 is 3.15 bits per heavy atom. The largest absolute Gasteiger partial charge is 0.242 e. The Balaban J connectivity index is 2.01. The Morgan fingerprint density at radius 2 is 2.54 bits per heavy atom. The van der Waals surface area contributed by atoms with Crippen molar-refractivity contribution in [2.45, 2.75) is 13.0 Å². The molecule has 2 aromatic heterocycles. The van der Waals surface area contributed by atoms with Crippen molar-refractivity contribution in [3.63, 3.8) is 0 Å². The number of tetrazole rings is 1. The minimum atomic E-state index is 0.509. The fourth-order valence-electron chi connectivity index (χ4n) is 1.04. The normalized spacial score (nSPS) is 10.5. The van der Waals surface area contributed by atoms with Crippen LogP contribution >= 0.6 is 23.6 Å². The molecule has 0 atom stereocenters. The average Bonchev–Trinajstić information content (AvgIpc) is 2.72. The highest BCUT2D eigenvalue weighted by Crippen LogP contribution is 2.07. The summed E-state index contributed by atoms with van der Waals surface area (Å²) in [5, 5.41) is 14.2. The molecule has 0 saturated heterocycles. The first-order valence-corrected chi connectivity index (χ1v) is 5.20. The van der Waals surface area contributed by atoms with Crippen LogP contribution in [0.5, 0.6) is 0 Å². The van der Waals surface area contributed by atoms with E-state index in [-0.39, 0.29) is 0 Å². The van der Waals surface area contributed by atoms with E-state index in [1.165, 1.54) is 5.56 Å². The number of rotatable bonds is 3. The Morgan fingerprint density at radius 1 is 1.62 bits per heavy atom. The van der Waals surface area contributed by atoms with E-state index < -0.39 is 0 Å². The minimum Gasteiger partial charge on any atom is -0.242 e. The van der Waals surface area contributed by atoms with Crippen LogP contribution < -0.4 is 0 Å². The average molecular weight is 212 g/mol. The summed E-state index contributed by atoms with van der Waals surface area (Å²) in [6, 6.07) is 2.11. The Bertz CT molecular complexity index is 414. The molecule has 6 heteroatoms. The smallest absolute Gasteiger partial charge is 0.238 e. The van der Waals surface area contributed by atoms with Gasteiger partial charge in [-0.3, -0.25) is 0 Å². The van der Waals surface area contributed by atoms with Crippen molar-refractivity contribution in [1.82, 2.24) is 20.2 Å². The van der Waals surface area contributed by atoms with Crippen LogP contribution in [0.15, 0.2) is 16.8 Å². The zero-order valence-electron chi connectivity index (χ0n) is 6.80. The van der Waals surface area contributed by atoms with E-state index in [0.29, 0.717) is 4.77 Å². The van der Waals surface area contributed by atoms with Crippen molar-refractivity contribution in [3.8, 4) is 0 Å². The Labute approximate surface area is 84.2 Å². The number of aromatic amines is 1. The number of nitrogens with one attached hydrogen (secondary N) is 1. The predicted octanol–water partition coefficient (Wildman–Crippen LogP) is 1.64. The highest BCUT2D eigenvalue weighted by Gasteiger charge is 1.96. The van der Waals surface area contributed by atoms with Crippen LogP contribution in [0.3, 0.4) is 0 Å². The monoisotopic (exact) mass is 212 g/mol. The summed E-state index contributed by atoms with van der Waals surface area (Å²) in [6.45, 7) is 0.808. The number of hydrogen-bond acceptors (Lipinski definition) is 4. The van der Waals surface area contributed by atoms with Gasteiger partial charge in [-0.15, -0.1) is 0 Å². The number of aryl methyl sites for hydroxylation is 2. The van der Waals surface area contributed by atoms with E-state index in [0.717, 1.165) is 13.0 Å². The fourth-order valence-corrected chi connectivity index (χ4v) is 1.91. The summed E-state index contributed by atoms with van der Waals surface area (Å²) in [6.07, 6.45) is 0.960.